The summed E-state index contributed by atoms with van der Waals surface area (Å²) >= 11 is 7.09. The fourth-order valence-corrected chi connectivity index (χ4v) is 3.14. The maximum absolute atomic E-state index is 12.3. The van der Waals surface area contributed by atoms with Crippen LogP contribution in [0.1, 0.15) is 6.92 Å². The van der Waals surface area contributed by atoms with Gasteiger partial charge in [0.1, 0.15) is 11.3 Å². The van der Waals surface area contributed by atoms with Gasteiger partial charge in [0.05, 0.1) is 18.6 Å². The molecule has 0 fully saturated rings. The van der Waals surface area contributed by atoms with Crippen LogP contribution >= 0.6 is 23.4 Å². The number of rotatable bonds is 6. The van der Waals surface area contributed by atoms with Crippen LogP contribution in [0.2, 0.25) is 5.02 Å². The lowest BCUT2D eigenvalue weighted by Gasteiger charge is -2.12. The van der Waals surface area contributed by atoms with Crippen LogP contribution in [0.25, 0.3) is 11.1 Å². The quantitative estimate of drug-likeness (QED) is 0.597. The Morgan fingerprint density at radius 2 is 2.04 bits per heavy atom. The number of halogens is 1. The molecule has 0 radical (unpaired) electrons. The average molecular weight is 406 g/mol. The van der Waals surface area contributed by atoms with Crippen molar-refractivity contribution in [3.8, 4) is 5.75 Å². The van der Waals surface area contributed by atoms with Crippen LogP contribution in [-0.4, -0.2) is 29.7 Å². The minimum absolute atomic E-state index is 0.0913. The maximum atomic E-state index is 12.3. The van der Waals surface area contributed by atoms with E-state index in [-0.39, 0.29) is 17.6 Å². The summed E-state index contributed by atoms with van der Waals surface area (Å²) in [5, 5.41) is 6.35. The Kier molecular flexibility index (Phi) is 5.88. The van der Waals surface area contributed by atoms with Crippen LogP contribution in [0.3, 0.4) is 0 Å². The van der Waals surface area contributed by atoms with Crippen molar-refractivity contribution >= 4 is 57.7 Å². The molecule has 1 heterocycles. The molecule has 0 unspecified atom stereocenters. The summed E-state index contributed by atoms with van der Waals surface area (Å²) < 4.78 is 10.8. The normalized spacial score (nSPS) is 10.6. The van der Waals surface area contributed by atoms with Crippen molar-refractivity contribution in [3.05, 3.63) is 41.4 Å². The largest absolute Gasteiger partial charge is 0.495 e. The number of amides is 2. The zero-order valence-electron chi connectivity index (χ0n) is 14.5. The van der Waals surface area contributed by atoms with E-state index in [1.807, 2.05) is 0 Å². The number of methoxy groups -OCH3 is 1. The molecule has 2 amide bonds. The van der Waals surface area contributed by atoms with Gasteiger partial charge >= 0.3 is 0 Å². The first-order chi connectivity index (χ1) is 12.9. The summed E-state index contributed by atoms with van der Waals surface area (Å²) in [6.07, 6.45) is 0. The van der Waals surface area contributed by atoms with E-state index < -0.39 is 0 Å². The highest BCUT2D eigenvalue weighted by Crippen LogP contribution is 2.29. The molecule has 0 spiro atoms. The Bertz CT molecular complexity index is 1010. The van der Waals surface area contributed by atoms with E-state index in [2.05, 4.69) is 15.6 Å². The zero-order chi connectivity index (χ0) is 19.4. The van der Waals surface area contributed by atoms with E-state index in [0.717, 1.165) is 11.8 Å². The number of benzene rings is 2. The molecule has 0 bridgehead atoms. The first-order valence-electron chi connectivity index (χ1n) is 7.89. The number of nitrogens with one attached hydrogen (secondary N) is 2. The van der Waals surface area contributed by atoms with Crippen LogP contribution < -0.4 is 15.4 Å². The average Bonchev–Trinajstić information content (AvgIpc) is 3.02. The predicted molar refractivity (Wildman–Crippen MR) is 106 cm³/mol. The number of hydrogen-bond acceptors (Lipinski definition) is 6. The molecule has 0 aliphatic rings. The zero-order valence-corrected chi connectivity index (χ0v) is 16.1. The number of hydrogen-bond donors (Lipinski definition) is 2. The molecule has 0 aliphatic heterocycles. The van der Waals surface area contributed by atoms with Gasteiger partial charge in [0.25, 0.3) is 5.22 Å². The van der Waals surface area contributed by atoms with Crippen LogP contribution in [0.4, 0.5) is 11.4 Å². The predicted octanol–water partition coefficient (Wildman–Crippen LogP) is 4.18. The summed E-state index contributed by atoms with van der Waals surface area (Å²) in [4.78, 5) is 27.8. The van der Waals surface area contributed by atoms with Crippen molar-refractivity contribution in [3.63, 3.8) is 0 Å². The van der Waals surface area contributed by atoms with E-state index in [9.17, 15) is 9.59 Å². The van der Waals surface area contributed by atoms with Crippen LogP contribution in [0, 0.1) is 0 Å². The molecule has 2 aromatic carbocycles. The maximum Gasteiger partial charge on any atom is 0.257 e. The Morgan fingerprint density at radius 3 is 2.78 bits per heavy atom. The summed E-state index contributed by atoms with van der Waals surface area (Å²) in [5.41, 5.74) is 2.25. The fraction of sp³-hybridized carbons (Fsp3) is 0.167. The van der Waals surface area contributed by atoms with Gasteiger partial charge < -0.3 is 19.8 Å². The molecule has 3 rings (SSSR count). The standard InChI is InChI=1S/C18H16ClN3O4S/c1-10(23)20-12-4-6-15(25-2)14(8-12)21-17(24)9-27-18-22-13-5-3-11(19)7-16(13)26-18/h3-8H,9H2,1-2H3,(H,20,23)(H,21,24). The SMILES string of the molecule is COc1ccc(NC(C)=O)cc1NC(=O)CSc1nc2ccc(Cl)cc2o1. The summed E-state index contributed by atoms with van der Waals surface area (Å²) in [6, 6.07) is 10.1. The van der Waals surface area contributed by atoms with Crippen LogP contribution in [-0.2, 0) is 9.59 Å². The van der Waals surface area contributed by atoms with Gasteiger partial charge in [-0.3, -0.25) is 9.59 Å². The lowest BCUT2D eigenvalue weighted by Crippen LogP contribution is -2.15. The second-order valence-electron chi connectivity index (χ2n) is 5.52. The molecular weight excluding hydrogens is 390 g/mol. The smallest absolute Gasteiger partial charge is 0.257 e. The molecule has 27 heavy (non-hydrogen) atoms. The number of ether oxygens (including phenoxy) is 1. The molecular formula is C18H16ClN3O4S. The van der Waals surface area contributed by atoms with Crippen molar-refractivity contribution in [2.45, 2.75) is 12.1 Å². The van der Waals surface area contributed by atoms with Crippen LogP contribution in [0.15, 0.2) is 46.0 Å². The molecule has 140 valence electrons. The third kappa shape index (κ3) is 4.93. The first-order valence-corrected chi connectivity index (χ1v) is 9.25. The lowest BCUT2D eigenvalue weighted by atomic mass is 10.2. The molecule has 0 aliphatic carbocycles. The number of oxazole rings is 1. The number of thioether (sulfide) groups is 1. The van der Waals surface area contributed by atoms with Gasteiger partial charge in [0.2, 0.25) is 11.8 Å². The monoisotopic (exact) mass is 405 g/mol. The number of anilines is 2. The number of carbonyl (C=O) groups excluding carboxylic acids is 2. The van der Waals surface area contributed by atoms with Crippen molar-refractivity contribution in [2.75, 3.05) is 23.5 Å². The highest BCUT2D eigenvalue weighted by atomic mass is 35.5. The van der Waals surface area contributed by atoms with Gasteiger partial charge in [-0.05, 0) is 30.3 Å². The summed E-state index contributed by atoms with van der Waals surface area (Å²) in [7, 11) is 1.50. The first kappa shape index (κ1) is 19.1. The van der Waals surface area contributed by atoms with Gasteiger partial charge in [-0.15, -0.1) is 0 Å². The molecule has 0 saturated carbocycles. The van der Waals surface area contributed by atoms with E-state index in [0.29, 0.717) is 38.5 Å². The third-order valence-electron chi connectivity index (χ3n) is 3.45. The molecule has 9 heteroatoms. The molecule has 1 aromatic heterocycles. The van der Waals surface area contributed by atoms with Crippen molar-refractivity contribution < 1.29 is 18.7 Å². The topological polar surface area (TPSA) is 93.5 Å². The van der Waals surface area contributed by atoms with Crippen molar-refractivity contribution in [1.82, 2.24) is 4.98 Å². The highest BCUT2D eigenvalue weighted by molar-refractivity contribution is 7.99. The summed E-state index contributed by atoms with van der Waals surface area (Å²) in [5.74, 6) is 0.107. The molecule has 3 aromatic rings. The minimum Gasteiger partial charge on any atom is -0.495 e. The van der Waals surface area contributed by atoms with Crippen molar-refractivity contribution in [2.24, 2.45) is 0 Å². The van der Waals surface area contributed by atoms with Gasteiger partial charge in [0, 0.05) is 23.7 Å². The third-order valence-corrected chi connectivity index (χ3v) is 4.51. The molecule has 7 nitrogen and oxygen atoms in total. The minimum atomic E-state index is -0.265. The molecule has 2 N–H and O–H groups in total. The second kappa shape index (κ2) is 8.32. The Labute approximate surface area is 164 Å². The number of fused-ring (bicyclic) bond motifs is 1. The number of carbonyl (C=O) groups is 2. The number of aromatic nitrogens is 1. The van der Waals surface area contributed by atoms with Crippen molar-refractivity contribution in [1.29, 1.82) is 0 Å². The Hall–Kier alpha value is -2.71. The summed E-state index contributed by atoms with van der Waals surface area (Å²) in [6.45, 7) is 1.41. The Balaban J connectivity index is 1.66. The fourth-order valence-electron chi connectivity index (χ4n) is 2.34. The highest BCUT2D eigenvalue weighted by Gasteiger charge is 2.13. The van der Waals surface area contributed by atoms with Gasteiger partial charge in [0.15, 0.2) is 5.58 Å². The van der Waals surface area contributed by atoms with Crippen LogP contribution in [0.5, 0.6) is 5.75 Å². The van der Waals surface area contributed by atoms with Gasteiger partial charge in [-0.2, -0.15) is 0 Å². The number of nitrogens with zero attached hydrogens (tertiary/aromatic N) is 1. The van der Waals surface area contributed by atoms with Gasteiger partial charge in [-0.25, -0.2) is 4.98 Å². The van der Waals surface area contributed by atoms with E-state index in [1.54, 1.807) is 36.4 Å². The second-order valence-corrected chi connectivity index (χ2v) is 6.89. The molecule has 0 saturated heterocycles. The van der Waals surface area contributed by atoms with Gasteiger partial charge in [-0.1, -0.05) is 23.4 Å². The Morgan fingerprint density at radius 1 is 1.22 bits per heavy atom. The molecule has 0 atom stereocenters. The van der Waals surface area contributed by atoms with E-state index in [4.69, 9.17) is 20.8 Å². The van der Waals surface area contributed by atoms with E-state index in [1.165, 1.54) is 14.0 Å². The van der Waals surface area contributed by atoms with E-state index >= 15 is 0 Å². The lowest BCUT2D eigenvalue weighted by molar-refractivity contribution is -0.114.